The number of amides is 1. The molecule has 3 rings (SSSR count). The molecule has 2 aromatic carbocycles. The number of carbonyl (C=O) groups is 3. The second kappa shape index (κ2) is 10.1. The number of hydrogen-bond acceptors (Lipinski definition) is 9. The summed E-state index contributed by atoms with van der Waals surface area (Å²) in [7, 11) is 5.61. The van der Waals surface area contributed by atoms with Crippen molar-refractivity contribution < 1.29 is 33.3 Å². The van der Waals surface area contributed by atoms with Crippen LogP contribution in [0, 0.1) is 0 Å². The van der Waals surface area contributed by atoms with E-state index < -0.39 is 18.0 Å². The van der Waals surface area contributed by atoms with Gasteiger partial charge in [-0.1, -0.05) is 6.07 Å². The number of esters is 2. The van der Waals surface area contributed by atoms with Crippen molar-refractivity contribution in [3.8, 4) is 11.5 Å². The van der Waals surface area contributed by atoms with E-state index in [0.717, 1.165) is 5.56 Å². The predicted octanol–water partition coefficient (Wildman–Crippen LogP) is 1.82. The minimum absolute atomic E-state index is 0.118. The third-order valence-electron chi connectivity index (χ3n) is 5.14. The fourth-order valence-electron chi connectivity index (χ4n) is 3.44. The average molecular weight is 443 g/mol. The summed E-state index contributed by atoms with van der Waals surface area (Å²) in [6.45, 7) is 0. The predicted molar refractivity (Wildman–Crippen MR) is 115 cm³/mol. The fraction of sp³-hybridized carbons (Fsp3) is 0.318. The fourth-order valence-corrected chi connectivity index (χ4v) is 3.44. The van der Waals surface area contributed by atoms with Gasteiger partial charge in [0.15, 0.2) is 0 Å². The molecular formula is C22H25N3O7. The van der Waals surface area contributed by atoms with Crippen LogP contribution >= 0.6 is 0 Å². The van der Waals surface area contributed by atoms with Gasteiger partial charge in [-0.15, -0.1) is 0 Å². The number of ether oxygens (including phenoxy) is 4. The zero-order valence-electron chi connectivity index (χ0n) is 18.2. The number of benzene rings is 2. The Bertz CT molecular complexity index is 1020. The molecule has 0 saturated carbocycles. The number of carbonyl (C=O) groups excluding carboxylic acids is 3. The zero-order chi connectivity index (χ0) is 23.3. The number of hydrazine groups is 1. The minimum atomic E-state index is -0.643. The molecule has 2 unspecified atom stereocenters. The molecule has 1 aliphatic rings. The molecule has 1 amide bonds. The van der Waals surface area contributed by atoms with Crippen LogP contribution in [0.3, 0.4) is 0 Å². The molecule has 0 aromatic heterocycles. The van der Waals surface area contributed by atoms with Gasteiger partial charge in [-0.2, -0.15) is 0 Å². The van der Waals surface area contributed by atoms with Crippen LogP contribution in [0.5, 0.6) is 11.5 Å². The lowest BCUT2D eigenvalue weighted by molar-refractivity contribution is -0.117. The highest BCUT2D eigenvalue weighted by Gasteiger charge is 2.32. The second-order valence-corrected chi connectivity index (χ2v) is 6.97. The third kappa shape index (κ3) is 4.82. The molecular weight excluding hydrogens is 418 g/mol. The highest BCUT2D eigenvalue weighted by atomic mass is 16.5. The van der Waals surface area contributed by atoms with E-state index in [9.17, 15) is 14.4 Å². The Kier molecular flexibility index (Phi) is 7.29. The molecule has 2 atom stereocenters. The van der Waals surface area contributed by atoms with Crippen molar-refractivity contribution in [1.29, 1.82) is 0 Å². The average Bonchev–Trinajstić information content (AvgIpc) is 3.32. The molecule has 10 nitrogen and oxygen atoms in total. The molecule has 0 radical (unpaired) electrons. The Balaban J connectivity index is 1.78. The molecule has 1 aliphatic heterocycles. The maximum Gasteiger partial charge on any atom is 0.339 e. The minimum Gasteiger partial charge on any atom is -0.497 e. The van der Waals surface area contributed by atoms with Gasteiger partial charge in [-0.25, -0.2) is 20.4 Å². The zero-order valence-corrected chi connectivity index (χ0v) is 18.2. The van der Waals surface area contributed by atoms with Crippen LogP contribution in [0.2, 0.25) is 0 Å². The first-order valence-electron chi connectivity index (χ1n) is 9.76. The van der Waals surface area contributed by atoms with Crippen LogP contribution < -0.4 is 25.6 Å². The standard InChI is InChI=1S/C22H25N3O7/c1-29-13-6-8-14(19(10-13)30-2)17-11-18(25-24-17)20(26)23-16-9-12(21(27)31-3)5-7-15(16)22(28)32-4/h5-10,17-18,24-25H,11H2,1-4H3,(H,23,26). The number of methoxy groups -OCH3 is 4. The van der Waals surface area contributed by atoms with Crippen LogP contribution in [0.1, 0.15) is 38.7 Å². The molecule has 1 fully saturated rings. The Hall–Kier alpha value is -3.63. The van der Waals surface area contributed by atoms with E-state index in [0.29, 0.717) is 17.9 Å². The first-order valence-corrected chi connectivity index (χ1v) is 9.76. The van der Waals surface area contributed by atoms with Gasteiger partial charge in [-0.3, -0.25) is 4.79 Å². The lowest BCUT2D eigenvalue weighted by atomic mass is 10.00. The number of anilines is 1. The SMILES string of the molecule is COC(=O)c1ccc(C(=O)OC)c(NC(=O)C2CC(c3ccc(OC)cc3OC)NN2)c1. The van der Waals surface area contributed by atoms with Gasteiger partial charge >= 0.3 is 11.9 Å². The van der Waals surface area contributed by atoms with E-state index in [4.69, 9.17) is 18.9 Å². The summed E-state index contributed by atoms with van der Waals surface area (Å²) in [5.41, 5.74) is 7.37. The van der Waals surface area contributed by atoms with Crippen molar-refractivity contribution in [2.24, 2.45) is 0 Å². The Morgan fingerprint density at radius 3 is 2.31 bits per heavy atom. The summed E-state index contributed by atoms with van der Waals surface area (Å²) in [6, 6.07) is 8.84. The van der Waals surface area contributed by atoms with Crippen molar-refractivity contribution in [2.75, 3.05) is 33.8 Å². The quantitative estimate of drug-likeness (QED) is 0.550. The van der Waals surface area contributed by atoms with Crippen molar-refractivity contribution >= 4 is 23.5 Å². The van der Waals surface area contributed by atoms with Gasteiger partial charge in [0.1, 0.15) is 17.5 Å². The molecule has 1 saturated heterocycles. The Labute approximate surface area is 185 Å². The van der Waals surface area contributed by atoms with E-state index in [1.165, 1.54) is 32.4 Å². The summed E-state index contributed by atoms with van der Waals surface area (Å²) in [4.78, 5) is 36.9. The largest absolute Gasteiger partial charge is 0.497 e. The van der Waals surface area contributed by atoms with Crippen molar-refractivity contribution in [2.45, 2.75) is 18.5 Å². The lowest BCUT2D eigenvalue weighted by Crippen LogP contribution is -2.39. The van der Waals surface area contributed by atoms with Gasteiger partial charge in [0.05, 0.1) is 51.3 Å². The number of rotatable bonds is 7. The van der Waals surface area contributed by atoms with E-state index >= 15 is 0 Å². The molecule has 170 valence electrons. The van der Waals surface area contributed by atoms with Crippen molar-refractivity contribution in [1.82, 2.24) is 10.9 Å². The monoisotopic (exact) mass is 443 g/mol. The molecule has 0 bridgehead atoms. The van der Waals surface area contributed by atoms with Gasteiger partial charge < -0.3 is 24.3 Å². The number of nitrogens with one attached hydrogen (secondary N) is 3. The summed E-state index contributed by atoms with van der Waals surface area (Å²) in [5.74, 6) is -0.339. The molecule has 0 aliphatic carbocycles. The van der Waals surface area contributed by atoms with Gasteiger partial charge in [0.2, 0.25) is 5.91 Å². The topological polar surface area (TPSA) is 124 Å². The lowest BCUT2D eigenvalue weighted by Gasteiger charge is -2.16. The first kappa shape index (κ1) is 23.0. The normalized spacial score (nSPS) is 17.4. The van der Waals surface area contributed by atoms with Crippen LogP contribution in [-0.2, 0) is 14.3 Å². The molecule has 10 heteroatoms. The summed E-state index contributed by atoms with van der Waals surface area (Å²) >= 11 is 0. The van der Waals surface area contributed by atoms with Gasteiger partial charge in [-0.05, 0) is 30.7 Å². The molecule has 1 heterocycles. The smallest absolute Gasteiger partial charge is 0.339 e. The highest BCUT2D eigenvalue weighted by molar-refractivity contribution is 6.04. The summed E-state index contributed by atoms with van der Waals surface area (Å²) in [6.07, 6.45) is 0.415. The van der Waals surface area contributed by atoms with E-state index in [-0.39, 0.29) is 28.8 Å². The van der Waals surface area contributed by atoms with Crippen molar-refractivity contribution in [3.05, 3.63) is 53.1 Å². The van der Waals surface area contributed by atoms with Crippen LogP contribution in [0.15, 0.2) is 36.4 Å². The summed E-state index contributed by atoms with van der Waals surface area (Å²) < 4.78 is 20.2. The third-order valence-corrected chi connectivity index (χ3v) is 5.14. The van der Waals surface area contributed by atoms with Crippen LogP contribution in [0.25, 0.3) is 0 Å². The highest BCUT2D eigenvalue weighted by Crippen LogP contribution is 2.33. The number of hydrogen-bond donors (Lipinski definition) is 3. The first-order chi connectivity index (χ1) is 15.4. The van der Waals surface area contributed by atoms with Crippen LogP contribution in [0.4, 0.5) is 5.69 Å². The van der Waals surface area contributed by atoms with Gasteiger partial charge in [0.25, 0.3) is 0 Å². The summed E-state index contributed by atoms with van der Waals surface area (Å²) in [5, 5.41) is 2.70. The maximum absolute atomic E-state index is 12.9. The van der Waals surface area contributed by atoms with E-state index in [2.05, 4.69) is 16.2 Å². The second-order valence-electron chi connectivity index (χ2n) is 6.97. The Morgan fingerprint density at radius 2 is 1.66 bits per heavy atom. The Morgan fingerprint density at radius 1 is 0.906 bits per heavy atom. The maximum atomic E-state index is 12.9. The van der Waals surface area contributed by atoms with E-state index in [1.54, 1.807) is 20.3 Å². The molecule has 32 heavy (non-hydrogen) atoms. The van der Waals surface area contributed by atoms with Crippen molar-refractivity contribution in [3.63, 3.8) is 0 Å². The van der Waals surface area contributed by atoms with Gasteiger partial charge in [0, 0.05) is 11.6 Å². The molecule has 2 aromatic rings. The van der Waals surface area contributed by atoms with Crippen LogP contribution in [-0.4, -0.2) is 52.3 Å². The molecule has 0 spiro atoms. The molecule has 3 N–H and O–H groups in total. The van der Waals surface area contributed by atoms with E-state index in [1.807, 2.05) is 12.1 Å².